The van der Waals surface area contributed by atoms with Gasteiger partial charge < -0.3 is 24.2 Å². The van der Waals surface area contributed by atoms with Gasteiger partial charge in [-0.05, 0) is 55.2 Å². The van der Waals surface area contributed by atoms with Crippen LogP contribution in [0.2, 0.25) is 0 Å². The predicted molar refractivity (Wildman–Crippen MR) is 145 cm³/mol. The number of ether oxygens (including phenoxy) is 3. The molecule has 7 heteroatoms. The fraction of sp³-hybridized carbons (Fsp3) is 0.355. The minimum Gasteiger partial charge on any atom is -0.482 e. The van der Waals surface area contributed by atoms with Crippen molar-refractivity contribution < 1.29 is 28.9 Å². The van der Waals surface area contributed by atoms with Gasteiger partial charge in [-0.25, -0.2) is 9.59 Å². The molecular weight excluding hydrogens is 482 g/mol. The molecule has 4 rings (SSSR count). The van der Waals surface area contributed by atoms with Crippen molar-refractivity contribution in [3.05, 3.63) is 90.0 Å². The fourth-order valence-corrected chi connectivity index (χ4v) is 4.97. The highest BCUT2D eigenvalue weighted by molar-refractivity contribution is 5.71. The number of methoxy groups -OCH3 is 1. The summed E-state index contributed by atoms with van der Waals surface area (Å²) in [5, 5.41) is 10.6. The standard InChI is InChI=1S/C31H35NO6/c1-22(23-10-12-24(13-11-23)25-14-16-27(17-15-25)37-20-28(33)36-4)32-19-18-31(38-29(32)34,21-30(2,3)35)26-8-6-5-7-9-26/h5-17,22,35H,18-21H2,1-4H3/t22-,31-/m0/s1. The molecule has 2 atom stereocenters. The molecule has 38 heavy (non-hydrogen) atoms. The number of amides is 1. The molecule has 200 valence electrons. The lowest BCUT2D eigenvalue weighted by molar-refractivity contribution is -0.142. The summed E-state index contributed by atoms with van der Waals surface area (Å²) in [6, 6.07) is 25.1. The molecule has 1 saturated heterocycles. The number of nitrogens with zero attached hydrogens (tertiary/aromatic N) is 1. The van der Waals surface area contributed by atoms with E-state index in [4.69, 9.17) is 9.47 Å². The highest BCUT2D eigenvalue weighted by atomic mass is 16.6. The highest BCUT2D eigenvalue weighted by Crippen LogP contribution is 2.42. The van der Waals surface area contributed by atoms with Gasteiger partial charge in [0, 0.05) is 19.4 Å². The summed E-state index contributed by atoms with van der Waals surface area (Å²) in [5.41, 5.74) is 2.06. The molecule has 0 spiro atoms. The van der Waals surface area contributed by atoms with Crippen LogP contribution in [0.3, 0.4) is 0 Å². The first-order valence-electron chi connectivity index (χ1n) is 12.8. The molecule has 3 aromatic carbocycles. The number of cyclic esters (lactones) is 1. The zero-order valence-corrected chi connectivity index (χ0v) is 22.3. The van der Waals surface area contributed by atoms with Crippen molar-refractivity contribution in [2.24, 2.45) is 0 Å². The first kappa shape index (κ1) is 27.2. The van der Waals surface area contributed by atoms with E-state index >= 15 is 0 Å². The van der Waals surface area contributed by atoms with Crippen molar-refractivity contribution in [2.45, 2.75) is 50.9 Å². The van der Waals surface area contributed by atoms with Gasteiger partial charge in [0.25, 0.3) is 0 Å². The van der Waals surface area contributed by atoms with Crippen LogP contribution in [0.5, 0.6) is 5.75 Å². The number of esters is 1. The zero-order chi connectivity index (χ0) is 27.3. The number of carbonyl (C=O) groups excluding carboxylic acids is 2. The Morgan fingerprint density at radius 3 is 2.18 bits per heavy atom. The maximum Gasteiger partial charge on any atom is 0.411 e. The number of hydrogen-bond donors (Lipinski definition) is 1. The molecule has 0 aromatic heterocycles. The van der Waals surface area contributed by atoms with Gasteiger partial charge in [-0.15, -0.1) is 0 Å². The highest BCUT2D eigenvalue weighted by Gasteiger charge is 2.46. The molecule has 1 aliphatic heterocycles. The van der Waals surface area contributed by atoms with Crippen LogP contribution in [0.15, 0.2) is 78.9 Å². The van der Waals surface area contributed by atoms with Crippen LogP contribution in [0.4, 0.5) is 4.79 Å². The third-order valence-corrected chi connectivity index (χ3v) is 6.92. The van der Waals surface area contributed by atoms with Crippen molar-refractivity contribution >= 4 is 12.1 Å². The van der Waals surface area contributed by atoms with E-state index in [1.54, 1.807) is 18.7 Å². The molecule has 0 aliphatic carbocycles. The molecular formula is C31H35NO6. The van der Waals surface area contributed by atoms with Crippen LogP contribution in [-0.2, 0) is 19.9 Å². The van der Waals surface area contributed by atoms with E-state index in [-0.39, 0.29) is 18.7 Å². The number of rotatable bonds is 9. The van der Waals surface area contributed by atoms with Gasteiger partial charge in [0.1, 0.15) is 11.4 Å². The second-order valence-corrected chi connectivity index (χ2v) is 10.3. The number of carbonyl (C=O) groups is 2. The summed E-state index contributed by atoms with van der Waals surface area (Å²) in [5.74, 6) is 0.156. The van der Waals surface area contributed by atoms with Crippen LogP contribution >= 0.6 is 0 Å². The smallest absolute Gasteiger partial charge is 0.411 e. The third-order valence-electron chi connectivity index (χ3n) is 6.92. The summed E-state index contributed by atoms with van der Waals surface area (Å²) in [6.07, 6.45) is 0.516. The summed E-state index contributed by atoms with van der Waals surface area (Å²) in [4.78, 5) is 26.3. The van der Waals surface area contributed by atoms with Crippen molar-refractivity contribution in [1.29, 1.82) is 0 Å². The second kappa shape index (κ2) is 11.3. The monoisotopic (exact) mass is 517 g/mol. The number of hydrogen-bond acceptors (Lipinski definition) is 6. The van der Waals surface area contributed by atoms with E-state index in [0.29, 0.717) is 25.1 Å². The maximum atomic E-state index is 13.3. The maximum absolute atomic E-state index is 13.3. The van der Waals surface area contributed by atoms with Gasteiger partial charge >= 0.3 is 12.1 Å². The Morgan fingerprint density at radius 2 is 1.63 bits per heavy atom. The van der Waals surface area contributed by atoms with Crippen molar-refractivity contribution in [1.82, 2.24) is 4.90 Å². The van der Waals surface area contributed by atoms with E-state index in [0.717, 1.165) is 22.3 Å². The Balaban J connectivity index is 1.45. The van der Waals surface area contributed by atoms with Crippen LogP contribution in [0.25, 0.3) is 11.1 Å². The van der Waals surface area contributed by atoms with Gasteiger partial charge in [0.2, 0.25) is 0 Å². The van der Waals surface area contributed by atoms with Crippen molar-refractivity contribution in [3.63, 3.8) is 0 Å². The van der Waals surface area contributed by atoms with Gasteiger partial charge in [0.05, 0.1) is 18.8 Å². The lowest BCUT2D eigenvalue weighted by atomic mass is 9.80. The molecule has 0 unspecified atom stereocenters. The Hall–Kier alpha value is -3.84. The molecule has 1 fully saturated rings. The fourth-order valence-electron chi connectivity index (χ4n) is 4.97. The zero-order valence-electron chi connectivity index (χ0n) is 22.3. The van der Waals surface area contributed by atoms with Gasteiger partial charge in [-0.3, -0.25) is 0 Å². The van der Waals surface area contributed by atoms with Crippen LogP contribution < -0.4 is 4.74 Å². The van der Waals surface area contributed by atoms with Crippen LogP contribution in [0, 0.1) is 0 Å². The number of benzene rings is 3. The lowest BCUT2D eigenvalue weighted by Crippen LogP contribution is -2.51. The third kappa shape index (κ3) is 6.34. The Morgan fingerprint density at radius 1 is 1.03 bits per heavy atom. The van der Waals surface area contributed by atoms with Crippen molar-refractivity contribution in [3.8, 4) is 16.9 Å². The predicted octanol–water partition coefficient (Wildman–Crippen LogP) is 5.87. The van der Waals surface area contributed by atoms with Crippen molar-refractivity contribution in [2.75, 3.05) is 20.3 Å². The quantitative estimate of drug-likeness (QED) is 0.358. The minimum absolute atomic E-state index is 0.133. The van der Waals surface area contributed by atoms with Crippen LogP contribution in [-0.4, -0.2) is 47.9 Å². The molecule has 1 aliphatic rings. The largest absolute Gasteiger partial charge is 0.482 e. The Kier molecular flexibility index (Phi) is 8.07. The number of aliphatic hydroxyl groups is 1. The molecule has 0 saturated carbocycles. The van der Waals surface area contributed by atoms with E-state index in [1.165, 1.54) is 7.11 Å². The van der Waals surface area contributed by atoms with Gasteiger partial charge in [-0.2, -0.15) is 0 Å². The molecule has 0 radical (unpaired) electrons. The van der Waals surface area contributed by atoms with E-state index < -0.39 is 17.2 Å². The summed E-state index contributed by atoms with van der Waals surface area (Å²) in [7, 11) is 1.32. The average molecular weight is 518 g/mol. The molecule has 0 bridgehead atoms. The Bertz CT molecular complexity index is 1230. The normalized spacial score (nSPS) is 18.4. The van der Waals surface area contributed by atoms with Crippen LogP contribution in [0.1, 0.15) is 50.8 Å². The van der Waals surface area contributed by atoms with E-state index in [1.807, 2.05) is 85.8 Å². The Labute approximate surface area is 224 Å². The average Bonchev–Trinajstić information content (AvgIpc) is 2.91. The van der Waals surface area contributed by atoms with Gasteiger partial charge in [0.15, 0.2) is 6.61 Å². The molecule has 1 amide bonds. The summed E-state index contributed by atoms with van der Waals surface area (Å²) < 4.78 is 16.1. The molecule has 1 N–H and O–H groups in total. The summed E-state index contributed by atoms with van der Waals surface area (Å²) in [6.45, 7) is 5.86. The SMILES string of the molecule is COC(=O)COc1ccc(-c2ccc([C@H](C)N3CC[C@](CC(C)(C)O)(c4ccccc4)OC3=O)cc2)cc1. The van der Waals surface area contributed by atoms with Gasteiger partial charge in [-0.1, -0.05) is 66.7 Å². The van der Waals surface area contributed by atoms with E-state index in [2.05, 4.69) is 4.74 Å². The first-order chi connectivity index (χ1) is 18.1. The molecule has 3 aromatic rings. The second-order valence-electron chi connectivity index (χ2n) is 10.3. The summed E-state index contributed by atoms with van der Waals surface area (Å²) >= 11 is 0. The lowest BCUT2D eigenvalue weighted by Gasteiger charge is -2.45. The minimum atomic E-state index is -0.995. The molecule has 1 heterocycles. The van der Waals surface area contributed by atoms with E-state index in [9.17, 15) is 14.7 Å². The molecule has 7 nitrogen and oxygen atoms in total. The topological polar surface area (TPSA) is 85.3 Å². The first-order valence-corrected chi connectivity index (χ1v) is 12.8.